The molecule has 0 heterocycles. The van der Waals surface area contributed by atoms with Gasteiger partial charge in [0.15, 0.2) is 0 Å². The van der Waals surface area contributed by atoms with E-state index in [-0.39, 0.29) is 6.61 Å². The third-order valence-corrected chi connectivity index (χ3v) is 9.99. The Bertz CT molecular complexity index is 629. The van der Waals surface area contributed by atoms with Gasteiger partial charge in [0.25, 0.3) is 0 Å². The van der Waals surface area contributed by atoms with Crippen LogP contribution in [-0.2, 0) is 9.09 Å². The van der Waals surface area contributed by atoms with E-state index in [0.717, 1.165) is 29.9 Å². The van der Waals surface area contributed by atoms with Gasteiger partial charge in [-0.2, -0.15) is 0 Å². The lowest BCUT2D eigenvalue weighted by atomic mass is 10.0. The molecule has 0 aliphatic rings. The summed E-state index contributed by atoms with van der Waals surface area (Å²) in [5, 5.41) is 0. The molecule has 0 aromatic rings. The fraction of sp³-hybridized carbons (Fsp3) is 0.973. The zero-order valence-corrected chi connectivity index (χ0v) is 31.6. The Balaban J connectivity index is 3.06. The zero-order valence-electron chi connectivity index (χ0n) is 29.0. The molecule has 0 saturated carbocycles. The topological polar surface area (TPSA) is 66.8 Å². The monoisotopic (exact) mass is 678 g/mol. The molecule has 0 fully saturated rings. The van der Waals surface area contributed by atoms with Crippen molar-refractivity contribution < 1.29 is 18.9 Å². The van der Waals surface area contributed by atoms with E-state index in [1.54, 1.807) is 0 Å². The maximum absolute atomic E-state index is 10.6. The summed E-state index contributed by atoms with van der Waals surface area (Å²) in [5.74, 6) is 0. The van der Waals surface area contributed by atoms with Crippen LogP contribution < -0.4 is 0 Å². The van der Waals surface area contributed by atoms with E-state index in [0.29, 0.717) is 0 Å². The summed E-state index contributed by atoms with van der Waals surface area (Å²) >= 11 is 9.21. The van der Waals surface area contributed by atoms with Crippen molar-refractivity contribution in [3.8, 4) is 0 Å². The first kappa shape index (κ1) is 44.5. The van der Waals surface area contributed by atoms with Gasteiger partial charge in [0.2, 0.25) is 0 Å². The normalized spacial score (nSPS) is 11.9. The zero-order chi connectivity index (χ0) is 32.2. The lowest BCUT2D eigenvalue weighted by Gasteiger charge is -2.05. The molecule has 0 aromatic carbocycles. The first-order chi connectivity index (χ1) is 21.4. The maximum atomic E-state index is 10.6. The first-order valence-corrected chi connectivity index (χ1v) is 21.7. The van der Waals surface area contributed by atoms with Gasteiger partial charge in [-0.1, -0.05) is 218 Å². The van der Waals surface area contributed by atoms with Crippen LogP contribution >= 0.6 is 32.7 Å². The van der Waals surface area contributed by atoms with E-state index < -0.39 is 7.82 Å². The molecule has 0 rings (SSSR count). The molecule has 0 bridgehead atoms. The predicted molar refractivity (Wildman–Crippen MR) is 201 cm³/mol. The highest BCUT2D eigenvalue weighted by Gasteiger charge is 2.12. The van der Waals surface area contributed by atoms with Gasteiger partial charge in [0.05, 0.1) is 6.61 Å². The van der Waals surface area contributed by atoms with E-state index >= 15 is 0 Å². The number of rotatable bonds is 38. The lowest BCUT2D eigenvalue weighted by Crippen LogP contribution is -1.92. The minimum Gasteiger partial charge on any atom is -0.303 e. The summed E-state index contributed by atoms with van der Waals surface area (Å²) in [7, 11) is -4.27. The Morgan fingerprint density at radius 2 is 0.591 bits per heavy atom. The van der Waals surface area contributed by atoms with Crippen LogP contribution in [-0.4, -0.2) is 20.6 Å². The summed E-state index contributed by atoms with van der Waals surface area (Å²) in [5.41, 5.74) is 0. The van der Waals surface area contributed by atoms with Gasteiger partial charge < -0.3 is 9.79 Å². The summed E-state index contributed by atoms with van der Waals surface area (Å²) in [6.07, 6.45) is 47.6. The molecule has 0 aliphatic carbocycles. The molecule has 2 N–H and O–H groups in total. The van der Waals surface area contributed by atoms with Crippen LogP contribution in [0.25, 0.3) is 0 Å². The summed E-state index contributed by atoms with van der Waals surface area (Å²) in [6.45, 7) is 0.168. The largest absolute Gasteiger partial charge is 0.469 e. The van der Waals surface area contributed by atoms with Gasteiger partial charge in [0, 0.05) is 4.20 Å². The lowest BCUT2D eigenvalue weighted by molar-refractivity contribution is 0.193. The van der Waals surface area contributed by atoms with Crippen LogP contribution in [0.2, 0.25) is 0 Å². The van der Waals surface area contributed by atoms with Crippen molar-refractivity contribution in [3.05, 3.63) is 0 Å². The first-order valence-electron chi connectivity index (χ1n) is 19.3. The van der Waals surface area contributed by atoms with Crippen LogP contribution in [0, 0.1) is 0 Å². The van der Waals surface area contributed by atoms with Crippen molar-refractivity contribution in [2.75, 3.05) is 6.61 Å². The fourth-order valence-electron chi connectivity index (χ4n) is 6.22. The third-order valence-electron chi connectivity index (χ3n) is 9.04. The van der Waals surface area contributed by atoms with Crippen molar-refractivity contribution in [3.63, 3.8) is 0 Å². The number of hydrogen-bond acceptors (Lipinski definition) is 3. The number of hydrogen-bond donors (Lipinski definition) is 3. The molecular formula is C37H75O4PS2. The van der Waals surface area contributed by atoms with Crippen molar-refractivity contribution in [2.24, 2.45) is 0 Å². The average molecular weight is 679 g/mol. The van der Waals surface area contributed by atoms with Crippen LogP contribution in [0.4, 0.5) is 0 Å². The molecule has 4 nitrogen and oxygen atoms in total. The molecule has 0 saturated heterocycles. The standard InChI is InChI=1S/C37H75O4PS2/c38-42(39,40)41-36-34-32-30-28-26-24-22-20-18-16-14-12-10-8-6-4-2-1-3-5-7-9-11-13-15-17-19-21-23-25-27-29-31-33-35-37(43)44/h1-36H2,(H,43,44)(H2,38,39,40). The fourth-order valence-corrected chi connectivity index (χ4v) is 6.89. The van der Waals surface area contributed by atoms with Crippen molar-refractivity contribution in [1.29, 1.82) is 0 Å². The third kappa shape index (κ3) is 42.6. The minimum atomic E-state index is -4.27. The van der Waals surface area contributed by atoms with Crippen molar-refractivity contribution in [2.45, 2.75) is 225 Å². The highest BCUT2D eigenvalue weighted by atomic mass is 32.1. The second kappa shape index (κ2) is 36.4. The Hall–Kier alpha value is 0.550. The minimum absolute atomic E-state index is 0.168. The second-order valence-corrected chi connectivity index (χ2v) is 16.1. The molecule has 0 spiro atoms. The predicted octanol–water partition coefficient (Wildman–Crippen LogP) is 14.0. The van der Waals surface area contributed by atoms with Crippen LogP contribution in [0.3, 0.4) is 0 Å². The molecule has 0 aromatic heterocycles. The molecule has 264 valence electrons. The Morgan fingerprint density at radius 1 is 0.409 bits per heavy atom. The molecule has 0 aliphatic heterocycles. The molecule has 0 unspecified atom stereocenters. The van der Waals surface area contributed by atoms with E-state index in [4.69, 9.17) is 22.0 Å². The van der Waals surface area contributed by atoms with E-state index in [1.807, 2.05) is 0 Å². The quantitative estimate of drug-likeness (QED) is 0.0262. The van der Waals surface area contributed by atoms with Gasteiger partial charge in [-0.05, 0) is 19.3 Å². The van der Waals surface area contributed by atoms with Crippen molar-refractivity contribution in [1.82, 2.24) is 0 Å². The van der Waals surface area contributed by atoms with Gasteiger partial charge in [0.1, 0.15) is 0 Å². The molecule has 0 amide bonds. The van der Waals surface area contributed by atoms with E-state index in [1.165, 1.54) is 199 Å². The molecule has 0 atom stereocenters. The highest BCUT2D eigenvalue weighted by molar-refractivity contribution is 8.11. The Labute approximate surface area is 286 Å². The smallest absolute Gasteiger partial charge is 0.303 e. The van der Waals surface area contributed by atoms with Crippen molar-refractivity contribution >= 4 is 36.9 Å². The van der Waals surface area contributed by atoms with Crippen LogP contribution in [0.1, 0.15) is 225 Å². The highest BCUT2D eigenvalue weighted by Crippen LogP contribution is 2.35. The summed E-state index contributed by atoms with van der Waals surface area (Å²) in [6, 6.07) is 0. The summed E-state index contributed by atoms with van der Waals surface area (Å²) in [4.78, 5) is 17.3. The number of unbranched alkanes of at least 4 members (excludes halogenated alkanes) is 33. The van der Waals surface area contributed by atoms with Gasteiger partial charge >= 0.3 is 7.82 Å². The summed E-state index contributed by atoms with van der Waals surface area (Å²) < 4.78 is 15.9. The Morgan fingerprint density at radius 3 is 0.773 bits per heavy atom. The second-order valence-electron chi connectivity index (χ2n) is 13.5. The molecule has 7 heteroatoms. The SMILES string of the molecule is O=P(O)(O)OCCCCCCCCCCCCCCCCCCCCCCCCCCCCCCCCCCCCC(=S)S. The van der Waals surface area contributed by atoms with E-state index in [2.05, 4.69) is 17.2 Å². The van der Waals surface area contributed by atoms with Gasteiger partial charge in [-0.15, -0.1) is 12.6 Å². The van der Waals surface area contributed by atoms with E-state index in [9.17, 15) is 4.57 Å². The van der Waals surface area contributed by atoms with Gasteiger partial charge in [-0.3, -0.25) is 4.52 Å². The van der Waals surface area contributed by atoms with Crippen LogP contribution in [0.5, 0.6) is 0 Å². The average Bonchev–Trinajstić information content (AvgIpc) is 2.98. The molecular weight excluding hydrogens is 604 g/mol. The number of thiol groups is 1. The molecule has 0 radical (unpaired) electrons. The Kier molecular flexibility index (Phi) is 36.8. The molecule has 44 heavy (non-hydrogen) atoms. The number of phosphoric acid groups is 1. The maximum Gasteiger partial charge on any atom is 0.469 e. The van der Waals surface area contributed by atoms with Gasteiger partial charge in [-0.25, -0.2) is 4.57 Å². The number of thiocarbonyl (C=S) groups is 1. The number of phosphoric ester groups is 1. The van der Waals surface area contributed by atoms with Crippen LogP contribution in [0.15, 0.2) is 0 Å².